The molecule has 0 saturated heterocycles. The first-order chi connectivity index (χ1) is 8.61. The van der Waals surface area contributed by atoms with Gasteiger partial charge < -0.3 is 4.74 Å². The molecular formula is C16H25O2. The first-order valence-corrected chi connectivity index (χ1v) is 7.00. The van der Waals surface area contributed by atoms with Crippen molar-refractivity contribution >= 4 is 0 Å². The molecule has 0 atom stereocenters. The predicted octanol–water partition coefficient (Wildman–Crippen LogP) is 5.12. The smallest absolute Gasteiger partial charge is 0.220 e. The van der Waals surface area contributed by atoms with E-state index in [-0.39, 0.29) is 5.75 Å². The second-order valence-corrected chi connectivity index (χ2v) is 5.35. The summed E-state index contributed by atoms with van der Waals surface area (Å²) in [6.07, 6.45) is 6.09. The molecule has 0 aliphatic rings. The van der Waals surface area contributed by atoms with E-state index in [9.17, 15) is 5.11 Å². The molecule has 0 aliphatic carbocycles. The molecule has 101 valence electrons. The first-order valence-electron chi connectivity index (χ1n) is 7.00. The lowest BCUT2D eigenvalue weighted by molar-refractivity contribution is 0.267. The minimum Gasteiger partial charge on any atom is -0.489 e. The van der Waals surface area contributed by atoms with E-state index in [4.69, 9.17) is 4.74 Å². The zero-order valence-electron chi connectivity index (χ0n) is 11.9. The fourth-order valence-corrected chi connectivity index (χ4v) is 1.99. The summed E-state index contributed by atoms with van der Waals surface area (Å²) in [5.74, 6) is 1.32. The summed E-state index contributed by atoms with van der Waals surface area (Å²) in [6, 6.07) is 5.25. The van der Waals surface area contributed by atoms with Crippen LogP contribution in [-0.4, -0.2) is 6.61 Å². The molecule has 2 nitrogen and oxygen atoms in total. The maximum atomic E-state index is 11.6. The summed E-state index contributed by atoms with van der Waals surface area (Å²) in [4.78, 5) is 0. The largest absolute Gasteiger partial charge is 0.489 e. The van der Waals surface area contributed by atoms with Crippen molar-refractivity contribution < 1.29 is 9.84 Å². The number of ether oxygens (including phenoxy) is 1. The summed E-state index contributed by atoms with van der Waals surface area (Å²) in [7, 11) is 0. The Bertz CT molecular complexity index is 325. The molecule has 0 N–H and O–H groups in total. The number of rotatable bonds is 8. The maximum Gasteiger partial charge on any atom is 0.220 e. The van der Waals surface area contributed by atoms with E-state index < -0.39 is 0 Å². The molecule has 0 amide bonds. The fourth-order valence-electron chi connectivity index (χ4n) is 1.99. The SMILES string of the molecule is Cc1cccc([O])c1OCCCCCCC(C)C. The van der Waals surface area contributed by atoms with Gasteiger partial charge in [-0.05, 0) is 30.9 Å². The van der Waals surface area contributed by atoms with Crippen molar-refractivity contribution in [3.05, 3.63) is 23.8 Å². The van der Waals surface area contributed by atoms with E-state index in [2.05, 4.69) is 13.8 Å². The van der Waals surface area contributed by atoms with Crippen LogP contribution in [0.3, 0.4) is 0 Å². The molecule has 0 unspecified atom stereocenters. The number of benzene rings is 1. The van der Waals surface area contributed by atoms with Crippen molar-refractivity contribution in [3.63, 3.8) is 0 Å². The maximum absolute atomic E-state index is 11.6. The standard InChI is InChI=1S/C16H25O2/c1-13(2)9-6-4-5-7-12-18-16-14(3)10-8-11-15(16)17/h8,10-11,13H,4-7,9,12H2,1-3H3. The second kappa shape index (κ2) is 8.02. The number of aryl methyl sites for hydroxylation is 1. The lowest BCUT2D eigenvalue weighted by Gasteiger charge is -2.09. The van der Waals surface area contributed by atoms with Gasteiger partial charge in [0, 0.05) is 0 Å². The third-order valence-electron chi connectivity index (χ3n) is 3.10. The van der Waals surface area contributed by atoms with Gasteiger partial charge in [0.05, 0.1) is 6.61 Å². The Morgan fingerprint density at radius 2 is 1.83 bits per heavy atom. The highest BCUT2D eigenvalue weighted by Crippen LogP contribution is 2.29. The average molecular weight is 249 g/mol. The number of para-hydroxylation sites is 1. The molecule has 0 fully saturated rings. The number of hydrogen-bond acceptors (Lipinski definition) is 1. The van der Waals surface area contributed by atoms with Crippen LogP contribution in [0.2, 0.25) is 0 Å². The normalized spacial score (nSPS) is 10.9. The van der Waals surface area contributed by atoms with E-state index in [0.29, 0.717) is 12.4 Å². The lowest BCUT2D eigenvalue weighted by atomic mass is 10.0. The Hall–Kier alpha value is -1.18. The van der Waals surface area contributed by atoms with Crippen LogP contribution in [0.15, 0.2) is 18.2 Å². The fraction of sp³-hybridized carbons (Fsp3) is 0.625. The van der Waals surface area contributed by atoms with Gasteiger partial charge >= 0.3 is 0 Å². The summed E-state index contributed by atoms with van der Waals surface area (Å²) in [6.45, 7) is 7.09. The molecule has 0 spiro atoms. The van der Waals surface area contributed by atoms with Crippen molar-refractivity contribution in [2.75, 3.05) is 6.61 Å². The van der Waals surface area contributed by atoms with Crippen molar-refractivity contribution in [1.29, 1.82) is 0 Å². The molecule has 0 saturated carbocycles. The van der Waals surface area contributed by atoms with Gasteiger partial charge in [-0.25, -0.2) is 0 Å². The van der Waals surface area contributed by atoms with Gasteiger partial charge in [-0.15, -0.1) is 0 Å². The van der Waals surface area contributed by atoms with Gasteiger partial charge in [0.15, 0.2) is 5.75 Å². The van der Waals surface area contributed by atoms with E-state index in [0.717, 1.165) is 17.9 Å². The van der Waals surface area contributed by atoms with Gasteiger partial charge in [-0.1, -0.05) is 51.7 Å². The molecule has 1 aromatic carbocycles. The van der Waals surface area contributed by atoms with E-state index in [1.54, 1.807) is 12.1 Å². The lowest BCUT2D eigenvalue weighted by Crippen LogP contribution is -1.99. The minimum atomic E-state index is -0.00481. The Labute approximate surface area is 111 Å². The van der Waals surface area contributed by atoms with Crippen LogP contribution in [0.1, 0.15) is 51.5 Å². The summed E-state index contributed by atoms with van der Waals surface area (Å²) in [5.41, 5.74) is 0.933. The number of hydrogen-bond donors (Lipinski definition) is 0. The van der Waals surface area contributed by atoms with Crippen LogP contribution in [0.25, 0.3) is 0 Å². The highest BCUT2D eigenvalue weighted by Gasteiger charge is 2.06. The highest BCUT2D eigenvalue weighted by molar-refractivity contribution is 5.44. The third-order valence-corrected chi connectivity index (χ3v) is 3.10. The molecule has 1 radical (unpaired) electrons. The van der Waals surface area contributed by atoms with E-state index >= 15 is 0 Å². The quantitative estimate of drug-likeness (QED) is 0.587. The molecular weight excluding hydrogens is 224 g/mol. The Kier molecular flexibility index (Phi) is 6.63. The van der Waals surface area contributed by atoms with Gasteiger partial charge in [0.25, 0.3) is 0 Å². The first kappa shape index (κ1) is 14.9. The van der Waals surface area contributed by atoms with Gasteiger partial charge in [0.1, 0.15) is 0 Å². The van der Waals surface area contributed by atoms with Crippen LogP contribution in [0.4, 0.5) is 0 Å². The summed E-state index contributed by atoms with van der Waals surface area (Å²) in [5, 5.41) is 11.6. The number of unbranched alkanes of at least 4 members (excludes halogenated alkanes) is 3. The van der Waals surface area contributed by atoms with Crippen LogP contribution in [0.5, 0.6) is 11.5 Å². The minimum absolute atomic E-state index is 0.00481. The van der Waals surface area contributed by atoms with Gasteiger partial charge in [-0.3, -0.25) is 5.11 Å². The second-order valence-electron chi connectivity index (χ2n) is 5.35. The molecule has 0 aliphatic heterocycles. The average Bonchev–Trinajstić information content (AvgIpc) is 2.30. The molecule has 1 aromatic rings. The molecule has 0 aromatic heterocycles. The molecule has 1 rings (SSSR count). The summed E-state index contributed by atoms with van der Waals surface area (Å²) < 4.78 is 5.58. The van der Waals surface area contributed by atoms with Crippen LogP contribution < -0.4 is 4.74 Å². The van der Waals surface area contributed by atoms with Crippen molar-refractivity contribution in [2.45, 2.75) is 52.9 Å². The summed E-state index contributed by atoms with van der Waals surface area (Å²) >= 11 is 0. The highest BCUT2D eigenvalue weighted by atomic mass is 16.5. The molecule has 2 heteroatoms. The van der Waals surface area contributed by atoms with Crippen molar-refractivity contribution in [2.24, 2.45) is 5.92 Å². The van der Waals surface area contributed by atoms with Crippen molar-refractivity contribution in [1.82, 2.24) is 0 Å². The molecule has 0 heterocycles. The van der Waals surface area contributed by atoms with Crippen LogP contribution in [-0.2, 0) is 5.11 Å². The Morgan fingerprint density at radius 3 is 2.50 bits per heavy atom. The molecule has 0 bridgehead atoms. The molecule has 18 heavy (non-hydrogen) atoms. The predicted molar refractivity (Wildman–Crippen MR) is 74.7 cm³/mol. The van der Waals surface area contributed by atoms with Crippen molar-refractivity contribution in [3.8, 4) is 11.5 Å². The van der Waals surface area contributed by atoms with Gasteiger partial charge in [-0.2, -0.15) is 0 Å². The third kappa shape index (κ3) is 5.44. The van der Waals surface area contributed by atoms with Crippen LogP contribution >= 0.6 is 0 Å². The van der Waals surface area contributed by atoms with E-state index in [1.807, 2.05) is 13.0 Å². The monoisotopic (exact) mass is 249 g/mol. The topological polar surface area (TPSA) is 29.1 Å². The zero-order chi connectivity index (χ0) is 13.4. The Morgan fingerprint density at radius 1 is 1.11 bits per heavy atom. The zero-order valence-corrected chi connectivity index (χ0v) is 11.9. The van der Waals surface area contributed by atoms with Gasteiger partial charge in [0.2, 0.25) is 5.75 Å². The van der Waals surface area contributed by atoms with E-state index in [1.165, 1.54) is 25.7 Å². The van der Waals surface area contributed by atoms with Crippen LogP contribution in [0, 0.1) is 12.8 Å². The Balaban J connectivity index is 2.14.